The van der Waals surface area contributed by atoms with Crippen molar-refractivity contribution in [2.24, 2.45) is 0 Å². The quantitative estimate of drug-likeness (QED) is 0.0944. The largest absolute Gasteiger partial charge is 0.399 e. The van der Waals surface area contributed by atoms with E-state index in [1.54, 1.807) is 35.9 Å². The van der Waals surface area contributed by atoms with Crippen molar-refractivity contribution >= 4 is 28.7 Å². The van der Waals surface area contributed by atoms with E-state index in [1.165, 1.54) is 49.6 Å². The summed E-state index contributed by atoms with van der Waals surface area (Å²) in [4.78, 5) is 31.6. The van der Waals surface area contributed by atoms with Crippen molar-refractivity contribution in [3.63, 3.8) is 0 Å². The van der Waals surface area contributed by atoms with Crippen LogP contribution in [0.4, 0.5) is 17.1 Å². The van der Waals surface area contributed by atoms with Gasteiger partial charge in [0.05, 0.1) is 21.2 Å². The fourth-order valence-electron chi connectivity index (χ4n) is 4.59. The molecule has 16 nitrogen and oxygen atoms in total. The summed E-state index contributed by atoms with van der Waals surface area (Å²) in [6.07, 6.45) is 9.17. The Balaban J connectivity index is 0.000000232. The van der Waals surface area contributed by atoms with E-state index >= 15 is 0 Å². The number of benzene rings is 3. The Bertz CT molecular complexity index is 1850. The number of nitro benzene ring substituents is 2. The van der Waals surface area contributed by atoms with Gasteiger partial charge >= 0.3 is 0 Å². The number of hydrogen-bond acceptors (Lipinski definition) is 11. The molecule has 0 aliphatic carbocycles. The van der Waals surface area contributed by atoms with Gasteiger partial charge < -0.3 is 5.73 Å². The molecular weight excluding hydrogens is 684 g/mol. The van der Waals surface area contributed by atoms with Gasteiger partial charge in [0.25, 0.3) is 11.4 Å². The maximum Gasteiger partial charge on any atom is 0.270 e. The van der Waals surface area contributed by atoms with Crippen molar-refractivity contribution in [3.05, 3.63) is 133 Å². The summed E-state index contributed by atoms with van der Waals surface area (Å²) >= 11 is 5.83. The molecule has 0 bridgehead atoms. The number of anilines is 1. The Hall–Kier alpha value is -5.51. The third-order valence-corrected chi connectivity index (χ3v) is 7.06. The molecule has 0 aliphatic heterocycles. The first-order chi connectivity index (χ1) is 22.3. The van der Waals surface area contributed by atoms with Crippen LogP contribution in [0.15, 0.2) is 74.4 Å². The third-order valence-electron chi connectivity index (χ3n) is 6.46. The molecule has 0 saturated heterocycles. The minimum Gasteiger partial charge on any atom is -0.399 e. The average molecular weight is 717 g/mol. The second kappa shape index (κ2) is 18.0. The van der Waals surface area contributed by atoms with Crippen LogP contribution in [0.25, 0.3) is 11.4 Å². The SMILES string of the molecule is Cc1cc(N)cc(C)c1-n1cncn1.Cc1cc([N+](=O)[O-])cc(C)c1-n1cncn1.Cc1cc([N+](=O)[O-])cc(C)c1Cl.[Fe].c1nc[nH]n1. The number of aromatic amines is 1. The zero-order valence-corrected chi connectivity index (χ0v) is 28.7. The van der Waals surface area contributed by atoms with Crippen LogP contribution in [-0.2, 0) is 17.1 Å². The Kier molecular flexibility index (Phi) is 14.5. The molecule has 6 rings (SSSR count). The van der Waals surface area contributed by atoms with E-state index in [0.717, 1.165) is 50.4 Å². The van der Waals surface area contributed by atoms with Gasteiger partial charge in [0.1, 0.15) is 38.0 Å². The summed E-state index contributed by atoms with van der Waals surface area (Å²) < 4.78 is 3.36. The second-order valence-corrected chi connectivity index (χ2v) is 10.5. The monoisotopic (exact) mass is 716 g/mol. The number of nitrogen functional groups attached to an aromatic ring is 1. The molecule has 0 spiro atoms. The molecule has 6 aromatic rings. The molecular formula is C30H33ClFeN12O4. The van der Waals surface area contributed by atoms with Gasteiger partial charge in [-0.1, -0.05) is 11.6 Å². The van der Waals surface area contributed by atoms with Gasteiger partial charge in [-0.25, -0.2) is 24.3 Å². The van der Waals surface area contributed by atoms with Gasteiger partial charge in [-0.05, 0) is 87.1 Å². The van der Waals surface area contributed by atoms with Gasteiger partial charge in [0.15, 0.2) is 0 Å². The Morgan fingerprint density at radius 3 is 1.35 bits per heavy atom. The van der Waals surface area contributed by atoms with E-state index < -0.39 is 9.85 Å². The Morgan fingerprint density at radius 1 is 0.667 bits per heavy atom. The molecule has 3 aromatic heterocycles. The summed E-state index contributed by atoms with van der Waals surface area (Å²) in [5.41, 5.74) is 13.9. The number of nitrogens with two attached hydrogens (primary N) is 1. The molecule has 0 radical (unpaired) electrons. The average Bonchev–Trinajstić information content (AvgIpc) is 3.81. The van der Waals surface area contributed by atoms with Gasteiger partial charge in [0, 0.05) is 52.0 Å². The number of nitrogens with zero attached hydrogens (tertiary/aromatic N) is 10. The number of rotatable bonds is 4. The first-order valence-electron chi connectivity index (χ1n) is 13.8. The predicted octanol–water partition coefficient (Wildman–Crippen LogP) is 5.93. The van der Waals surface area contributed by atoms with Gasteiger partial charge in [-0.2, -0.15) is 15.3 Å². The molecule has 0 unspecified atom stereocenters. The minimum atomic E-state index is -0.420. The number of aromatic nitrogens is 9. The zero-order chi connectivity index (χ0) is 34.7. The summed E-state index contributed by atoms with van der Waals surface area (Å²) in [5, 5.41) is 35.8. The van der Waals surface area contributed by atoms with Gasteiger partial charge in [0.2, 0.25) is 0 Å². The number of nitro groups is 2. The first kappa shape index (κ1) is 38.7. The minimum absolute atomic E-state index is 0. The first-order valence-corrected chi connectivity index (χ1v) is 14.2. The number of halogens is 1. The molecule has 0 amide bonds. The van der Waals surface area contributed by atoms with E-state index in [4.69, 9.17) is 17.3 Å². The van der Waals surface area contributed by atoms with Crippen LogP contribution in [0.1, 0.15) is 33.4 Å². The van der Waals surface area contributed by atoms with Crippen molar-refractivity contribution in [3.8, 4) is 11.4 Å². The maximum absolute atomic E-state index is 10.7. The van der Waals surface area contributed by atoms with E-state index in [0.29, 0.717) is 5.02 Å². The van der Waals surface area contributed by atoms with Crippen LogP contribution < -0.4 is 5.73 Å². The standard InChI is InChI=1S/C10H10N4O2.C10H12N4.C8H8ClNO2.C2H3N3.Fe/c1-7-3-9(14(15)16)4-8(2)10(7)13-6-11-5-12-13;1-7-3-9(11)4-8(2)10(7)14-6-12-5-13-14;1-5-3-7(10(11)12)4-6(2)8(5)9;1-3-2-5-4-1;/h3-6H,1-2H3;3-6H,11H2,1-2H3;3-4H,1-2H3;1-2H,(H,3,4,5);. The van der Waals surface area contributed by atoms with E-state index in [2.05, 4.69) is 35.3 Å². The smallest absolute Gasteiger partial charge is 0.270 e. The fourth-order valence-corrected chi connectivity index (χ4v) is 4.70. The Labute approximate surface area is 291 Å². The molecule has 3 aromatic carbocycles. The number of nitrogens with one attached hydrogen (secondary N) is 1. The van der Waals surface area contributed by atoms with Crippen molar-refractivity contribution in [1.29, 1.82) is 0 Å². The van der Waals surface area contributed by atoms with Crippen LogP contribution in [-0.4, -0.2) is 54.6 Å². The molecule has 0 aliphatic rings. The molecule has 252 valence electrons. The van der Waals surface area contributed by atoms with E-state index in [-0.39, 0.29) is 28.4 Å². The Morgan fingerprint density at radius 2 is 1.06 bits per heavy atom. The zero-order valence-electron chi connectivity index (χ0n) is 26.8. The maximum atomic E-state index is 10.7. The summed E-state index contributed by atoms with van der Waals surface area (Å²) in [6.45, 7) is 11.2. The van der Waals surface area contributed by atoms with Crippen LogP contribution >= 0.6 is 11.6 Å². The fraction of sp³-hybridized carbons (Fsp3) is 0.200. The van der Waals surface area contributed by atoms with Crippen LogP contribution in [0, 0.1) is 61.8 Å². The van der Waals surface area contributed by atoms with Crippen LogP contribution in [0.2, 0.25) is 5.02 Å². The summed E-state index contributed by atoms with van der Waals surface area (Å²) in [6, 6.07) is 9.87. The van der Waals surface area contributed by atoms with Crippen molar-refractivity contribution in [1.82, 2.24) is 44.7 Å². The molecule has 48 heavy (non-hydrogen) atoms. The van der Waals surface area contributed by atoms with Crippen LogP contribution in [0.3, 0.4) is 0 Å². The number of non-ortho nitro benzene ring substituents is 2. The van der Waals surface area contributed by atoms with Gasteiger partial charge in [-0.15, -0.1) is 0 Å². The van der Waals surface area contributed by atoms with Crippen molar-refractivity contribution in [2.75, 3.05) is 5.73 Å². The predicted molar refractivity (Wildman–Crippen MR) is 177 cm³/mol. The molecule has 3 N–H and O–H groups in total. The van der Waals surface area contributed by atoms with E-state index in [9.17, 15) is 20.2 Å². The number of hydrogen-bond donors (Lipinski definition) is 2. The summed E-state index contributed by atoms with van der Waals surface area (Å²) in [7, 11) is 0. The van der Waals surface area contributed by atoms with Crippen LogP contribution in [0.5, 0.6) is 0 Å². The van der Waals surface area contributed by atoms with Crippen molar-refractivity contribution in [2.45, 2.75) is 41.5 Å². The molecule has 18 heteroatoms. The number of H-pyrrole nitrogens is 1. The molecule has 3 heterocycles. The van der Waals surface area contributed by atoms with Crippen molar-refractivity contribution < 1.29 is 26.9 Å². The third kappa shape index (κ3) is 10.5. The topological polar surface area (TPSA) is 215 Å². The van der Waals surface area contributed by atoms with E-state index in [1.807, 2.05) is 39.8 Å². The second-order valence-electron chi connectivity index (χ2n) is 10.2. The normalized spacial score (nSPS) is 9.81. The number of aryl methyl sites for hydroxylation is 6. The summed E-state index contributed by atoms with van der Waals surface area (Å²) in [5.74, 6) is 0. The molecule has 0 saturated carbocycles. The molecule has 0 fully saturated rings. The van der Waals surface area contributed by atoms with Gasteiger partial charge in [-0.3, -0.25) is 25.3 Å². The molecule has 0 atom stereocenters.